The molecular weight excluding hydrogens is 278 g/mol. The number of hydrogen-bond donors (Lipinski definition) is 2. The second-order valence-electron chi connectivity index (χ2n) is 5.08. The van der Waals surface area contributed by atoms with Crippen molar-refractivity contribution in [3.8, 4) is 5.75 Å². The second-order valence-corrected chi connectivity index (χ2v) is 5.08. The van der Waals surface area contributed by atoms with E-state index in [1.54, 1.807) is 0 Å². The molecule has 1 aliphatic rings. The molecule has 2 rings (SSSR count). The average Bonchev–Trinajstić information content (AvgIpc) is 2.44. The lowest BCUT2D eigenvalue weighted by Crippen LogP contribution is -2.40. The molecule has 1 aromatic rings. The van der Waals surface area contributed by atoms with Gasteiger partial charge in [-0.2, -0.15) is 0 Å². The Balaban J connectivity index is 0.00000200. The van der Waals surface area contributed by atoms with E-state index in [1.807, 2.05) is 31.2 Å². The van der Waals surface area contributed by atoms with E-state index >= 15 is 0 Å². The molecule has 0 aromatic heterocycles. The molecule has 0 spiro atoms. The smallest absolute Gasteiger partial charge is 0.119 e. The number of ether oxygens (including phenoxy) is 2. The first-order chi connectivity index (χ1) is 9.24. The van der Waals surface area contributed by atoms with Crippen molar-refractivity contribution >= 4 is 12.4 Å². The number of aliphatic hydroxyl groups is 1. The van der Waals surface area contributed by atoms with E-state index in [1.165, 1.54) is 0 Å². The van der Waals surface area contributed by atoms with Crippen LogP contribution >= 0.6 is 12.4 Å². The summed E-state index contributed by atoms with van der Waals surface area (Å²) in [5.41, 5.74) is 1.16. The van der Waals surface area contributed by atoms with Gasteiger partial charge in [-0.25, -0.2) is 0 Å². The van der Waals surface area contributed by atoms with Gasteiger partial charge in [-0.15, -0.1) is 12.4 Å². The fourth-order valence-electron chi connectivity index (χ4n) is 2.16. The van der Waals surface area contributed by atoms with Crippen LogP contribution in [0.15, 0.2) is 24.3 Å². The van der Waals surface area contributed by atoms with Gasteiger partial charge < -0.3 is 19.9 Å². The van der Waals surface area contributed by atoms with Crippen LogP contribution in [0.2, 0.25) is 0 Å². The number of aryl methyl sites for hydroxylation is 1. The van der Waals surface area contributed by atoms with E-state index < -0.39 is 6.10 Å². The summed E-state index contributed by atoms with van der Waals surface area (Å²) in [6.45, 7) is 4.53. The zero-order valence-electron chi connectivity index (χ0n) is 11.9. The molecule has 1 heterocycles. The van der Waals surface area contributed by atoms with E-state index in [9.17, 15) is 5.11 Å². The predicted octanol–water partition coefficient (Wildman–Crippen LogP) is 1.93. The van der Waals surface area contributed by atoms with Gasteiger partial charge in [0.05, 0.1) is 0 Å². The first-order valence-corrected chi connectivity index (χ1v) is 6.92. The van der Waals surface area contributed by atoms with Crippen molar-refractivity contribution in [1.29, 1.82) is 0 Å². The monoisotopic (exact) mass is 301 g/mol. The summed E-state index contributed by atoms with van der Waals surface area (Å²) in [6.07, 6.45) is 1.56. The Morgan fingerprint density at radius 1 is 1.40 bits per heavy atom. The third-order valence-corrected chi connectivity index (χ3v) is 3.30. The highest BCUT2D eigenvalue weighted by Crippen LogP contribution is 2.12. The van der Waals surface area contributed by atoms with Gasteiger partial charge in [0.2, 0.25) is 0 Å². The Bertz CT molecular complexity index is 383. The zero-order chi connectivity index (χ0) is 13.5. The summed E-state index contributed by atoms with van der Waals surface area (Å²) in [7, 11) is 0. The number of hydrogen-bond acceptors (Lipinski definition) is 4. The van der Waals surface area contributed by atoms with Gasteiger partial charge in [0.25, 0.3) is 0 Å². The Morgan fingerprint density at radius 3 is 2.85 bits per heavy atom. The van der Waals surface area contributed by atoms with E-state index in [0.717, 1.165) is 37.4 Å². The fraction of sp³-hybridized carbons (Fsp3) is 0.600. The molecular formula is C15H24ClNO3. The molecule has 1 atom stereocenters. The normalized spacial score (nSPS) is 17.3. The van der Waals surface area contributed by atoms with Gasteiger partial charge >= 0.3 is 0 Å². The highest BCUT2D eigenvalue weighted by molar-refractivity contribution is 5.85. The lowest BCUT2D eigenvalue weighted by Gasteiger charge is -2.24. The molecule has 20 heavy (non-hydrogen) atoms. The minimum absolute atomic E-state index is 0. The Hall–Kier alpha value is -0.810. The first kappa shape index (κ1) is 17.2. The van der Waals surface area contributed by atoms with Gasteiger partial charge in [0.1, 0.15) is 18.5 Å². The molecule has 1 unspecified atom stereocenters. The topological polar surface area (TPSA) is 50.7 Å². The maximum Gasteiger partial charge on any atom is 0.119 e. The maximum absolute atomic E-state index is 9.89. The van der Waals surface area contributed by atoms with Crippen molar-refractivity contribution in [3.63, 3.8) is 0 Å². The zero-order valence-corrected chi connectivity index (χ0v) is 12.7. The van der Waals surface area contributed by atoms with Gasteiger partial charge in [0, 0.05) is 25.8 Å². The summed E-state index contributed by atoms with van der Waals surface area (Å²) in [5.74, 6) is 0.810. The van der Waals surface area contributed by atoms with Crippen LogP contribution in [0.5, 0.6) is 5.75 Å². The molecule has 0 aliphatic carbocycles. The second kappa shape index (κ2) is 9.19. The predicted molar refractivity (Wildman–Crippen MR) is 81.8 cm³/mol. The summed E-state index contributed by atoms with van der Waals surface area (Å²) < 4.78 is 10.9. The number of halogens is 1. The fourth-order valence-corrected chi connectivity index (χ4v) is 2.16. The molecule has 1 aliphatic heterocycles. The van der Waals surface area contributed by atoms with Crippen LogP contribution in [0.25, 0.3) is 0 Å². The largest absolute Gasteiger partial charge is 0.491 e. The quantitative estimate of drug-likeness (QED) is 0.843. The van der Waals surface area contributed by atoms with Crippen molar-refractivity contribution in [2.24, 2.45) is 0 Å². The molecule has 4 nitrogen and oxygen atoms in total. The van der Waals surface area contributed by atoms with E-state index in [-0.39, 0.29) is 12.4 Å². The standard InChI is InChI=1S/C15H23NO3.ClH/c1-12-3-2-4-15(9-12)19-11-14(17)10-16-13-5-7-18-8-6-13;/h2-4,9,13-14,16-17H,5-8,10-11H2,1H3;1H. The van der Waals surface area contributed by atoms with Crippen LogP contribution in [-0.2, 0) is 4.74 Å². The molecule has 2 N–H and O–H groups in total. The van der Waals surface area contributed by atoms with Crippen LogP contribution in [-0.4, -0.2) is 43.6 Å². The lowest BCUT2D eigenvalue weighted by atomic mass is 10.1. The van der Waals surface area contributed by atoms with E-state index in [2.05, 4.69) is 5.32 Å². The summed E-state index contributed by atoms with van der Waals surface area (Å²) >= 11 is 0. The van der Waals surface area contributed by atoms with Crippen molar-refractivity contribution < 1.29 is 14.6 Å². The van der Waals surface area contributed by atoms with Crippen molar-refractivity contribution in [1.82, 2.24) is 5.32 Å². The van der Waals surface area contributed by atoms with Crippen molar-refractivity contribution in [2.45, 2.75) is 31.9 Å². The van der Waals surface area contributed by atoms with Gasteiger partial charge in [-0.3, -0.25) is 0 Å². The minimum atomic E-state index is -0.483. The minimum Gasteiger partial charge on any atom is -0.491 e. The molecule has 0 bridgehead atoms. The molecule has 5 heteroatoms. The van der Waals surface area contributed by atoms with Crippen LogP contribution in [0.3, 0.4) is 0 Å². The SMILES string of the molecule is Cc1cccc(OCC(O)CNC2CCOCC2)c1.Cl. The Morgan fingerprint density at radius 2 is 2.15 bits per heavy atom. The molecule has 1 fully saturated rings. The molecule has 1 saturated heterocycles. The first-order valence-electron chi connectivity index (χ1n) is 6.92. The van der Waals surface area contributed by atoms with Gasteiger partial charge in [-0.1, -0.05) is 12.1 Å². The van der Waals surface area contributed by atoms with Gasteiger partial charge in [-0.05, 0) is 37.5 Å². The summed E-state index contributed by atoms with van der Waals surface area (Å²) in [4.78, 5) is 0. The number of rotatable bonds is 6. The van der Waals surface area contributed by atoms with Crippen molar-refractivity contribution in [2.75, 3.05) is 26.4 Å². The maximum atomic E-state index is 9.89. The molecule has 0 saturated carbocycles. The van der Waals surface area contributed by atoms with Crippen LogP contribution in [0.4, 0.5) is 0 Å². The van der Waals surface area contributed by atoms with Crippen LogP contribution in [0, 0.1) is 6.92 Å². The number of nitrogens with one attached hydrogen (secondary N) is 1. The molecule has 0 amide bonds. The third-order valence-electron chi connectivity index (χ3n) is 3.30. The highest BCUT2D eigenvalue weighted by Gasteiger charge is 2.14. The molecule has 1 aromatic carbocycles. The van der Waals surface area contributed by atoms with Crippen LogP contribution < -0.4 is 10.1 Å². The van der Waals surface area contributed by atoms with E-state index in [4.69, 9.17) is 9.47 Å². The Labute approximate surface area is 126 Å². The third kappa shape index (κ3) is 6.09. The summed E-state index contributed by atoms with van der Waals surface area (Å²) in [5, 5.41) is 13.3. The number of benzene rings is 1. The lowest BCUT2D eigenvalue weighted by molar-refractivity contribution is 0.0655. The molecule has 114 valence electrons. The van der Waals surface area contributed by atoms with Gasteiger partial charge in [0.15, 0.2) is 0 Å². The highest BCUT2D eigenvalue weighted by atomic mass is 35.5. The number of aliphatic hydroxyl groups excluding tert-OH is 1. The van der Waals surface area contributed by atoms with Crippen molar-refractivity contribution in [3.05, 3.63) is 29.8 Å². The average molecular weight is 302 g/mol. The van der Waals surface area contributed by atoms with Crippen LogP contribution in [0.1, 0.15) is 18.4 Å². The molecule has 0 radical (unpaired) electrons. The van der Waals surface area contributed by atoms with E-state index in [0.29, 0.717) is 19.2 Å². The Kier molecular flexibility index (Phi) is 7.92. The summed E-state index contributed by atoms with van der Waals surface area (Å²) in [6, 6.07) is 8.32.